The number of rotatable bonds is 5. The quantitative estimate of drug-likeness (QED) is 0.796. The van der Waals surface area contributed by atoms with Gasteiger partial charge in [0.2, 0.25) is 10.0 Å². The summed E-state index contributed by atoms with van der Waals surface area (Å²) in [5.74, 6) is -0.353. The van der Waals surface area contributed by atoms with Crippen molar-refractivity contribution in [3.63, 3.8) is 0 Å². The number of thiophene rings is 1. The summed E-state index contributed by atoms with van der Waals surface area (Å²) in [6.07, 6.45) is 0. The summed E-state index contributed by atoms with van der Waals surface area (Å²) in [4.78, 5) is 14.7. The number of carbonyl (C=O) groups is 1. The number of benzene rings is 1. The average Bonchev–Trinajstić information content (AvgIpc) is 3.12. The molecule has 0 unspecified atom stereocenters. The summed E-state index contributed by atoms with van der Waals surface area (Å²) in [6, 6.07) is 8.98. The normalized spacial score (nSPS) is 15.9. The molecule has 1 amide bonds. The molecule has 6 nitrogen and oxygen atoms in total. The molecule has 0 spiro atoms. The van der Waals surface area contributed by atoms with Crippen molar-refractivity contribution in [1.29, 1.82) is 0 Å². The average molecular weight is 428 g/mol. The molecule has 0 atom stereocenters. The predicted molar refractivity (Wildman–Crippen MR) is 109 cm³/mol. The van der Waals surface area contributed by atoms with Gasteiger partial charge in [0, 0.05) is 32.2 Å². The van der Waals surface area contributed by atoms with Crippen LogP contribution in [0.2, 0.25) is 5.02 Å². The first-order valence-corrected chi connectivity index (χ1v) is 11.4. The van der Waals surface area contributed by atoms with E-state index >= 15 is 0 Å². The van der Waals surface area contributed by atoms with Gasteiger partial charge in [-0.2, -0.15) is 4.31 Å². The smallest absolute Gasteiger partial charge is 0.262 e. The van der Waals surface area contributed by atoms with E-state index in [0.717, 1.165) is 17.0 Å². The Balaban J connectivity index is 1.76. The fourth-order valence-electron chi connectivity index (χ4n) is 3.01. The Morgan fingerprint density at radius 3 is 2.44 bits per heavy atom. The molecule has 1 saturated heterocycles. The van der Waals surface area contributed by atoms with Gasteiger partial charge < -0.3 is 10.2 Å². The van der Waals surface area contributed by atoms with Crippen LogP contribution < -0.4 is 10.2 Å². The second-order valence-corrected chi connectivity index (χ2v) is 9.81. The number of nitrogens with one attached hydrogen (secondary N) is 1. The lowest BCUT2D eigenvalue weighted by Crippen LogP contribution is -2.49. The Bertz CT molecular complexity index is 919. The van der Waals surface area contributed by atoms with Crippen LogP contribution in [-0.4, -0.2) is 50.9 Å². The summed E-state index contributed by atoms with van der Waals surface area (Å²) in [5.41, 5.74) is 0.906. The lowest BCUT2D eigenvalue weighted by atomic mass is 10.2. The van der Waals surface area contributed by atoms with Crippen molar-refractivity contribution in [2.45, 2.75) is 24.8 Å². The minimum atomic E-state index is -3.72. The number of hydrogen-bond acceptors (Lipinski definition) is 5. The number of piperazine rings is 1. The Hall–Kier alpha value is -1.61. The fraction of sp³-hybridized carbons (Fsp3) is 0.389. The van der Waals surface area contributed by atoms with Gasteiger partial charge in [-0.1, -0.05) is 23.7 Å². The topological polar surface area (TPSA) is 69.7 Å². The van der Waals surface area contributed by atoms with E-state index in [9.17, 15) is 13.2 Å². The van der Waals surface area contributed by atoms with E-state index < -0.39 is 10.0 Å². The van der Waals surface area contributed by atoms with Crippen molar-refractivity contribution in [3.05, 3.63) is 45.6 Å². The van der Waals surface area contributed by atoms with Gasteiger partial charge in [0.05, 0.1) is 10.7 Å². The Labute approximate surface area is 168 Å². The highest BCUT2D eigenvalue weighted by Gasteiger charge is 2.33. The Kier molecular flexibility index (Phi) is 6.10. The minimum absolute atomic E-state index is 0.0608. The summed E-state index contributed by atoms with van der Waals surface area (Å²) in [6.45, 7) is 5.45. The molecule has 1 aliphatic rings. The van der Waals surface area contributed by atoms with Crippen LogP contribution in [0.25, 0.3) is 0 Å². The largest absolute Gasteiger partial charge is 0.368 e. The molecule has 0 bridgehead atoms. The maximum absolute atomic E-state index is 13.1. The van der Waals surface area contributed by atoms with Crippen molar-refractivity contribution in [1.82, 2.24) is 9.62 Å². The van der Waals surface area contributed by atoms with Gasteiger partial charge in [-0.3, -0.25) is 4.79 Å². The zero-order valence-electron chi connectivity index (χ0n) is 15.2. The SMILES string of the molecule is CC(C)NC(=O)c1sccc1S(=O)(=O)N1CCN(c2ccccc2Cl)CC1. The lowest BCUT2D eigenvalue weighted by Gasteiger charge is -2.35. The van der Waals surface area contributed by atoms with Gasteiger partial charge in [0.15, 0.2) is 0 Å². The highest BCUT2D eigenvalue weighted by Crippen LogP contribution is 2.29. The molecule has 27 heavy (non-hydrogen) atoms. The molecule has 2 aromatic rings. The number of para-hydroxylation sites is 1. The third-order valence-electron chi connectivity index (χ3n) is 4.30. The molecule has 0 saturated carbocycles. The van der Waals surface area contributed by atoms with E-state index in [1.165, 1.54) is 10.4 Å². The molecular formula is C18H22ClN3O3S2. The zero-order valence-corrected chi connectivity index (χ0v) is 17.6. The van der Waals surface area contributed by atoms with Gasteiger partial charge in [-0.15, -0.1) is 11.3 Å². The predicted octanol–water partition coefficient (Wildman–Crippen LogP) is 3.05. The number of amides is 1. The molecular weight excluding hydrogens is 406 g/mol. The summed E-state index contributed by atoms with van der Waals surface area (Å²) >= 11 is 7.39. The Morgan fingerprint density at radius 1 is 1.15 bits per heavy atom. The van der Waals surface area contributed by atoms with E-state index in [4.69, 9.17) is 11.6 Å². The van der Waals surface area contributed by atoms with Gasteiger partial charge in [0.1, 0.15) is 9.77 Å². The van der Waals surface area contributed by atoms with Crippen molar-refractivity contribution >= 4 is 44.6 Å². The highest BCUT2D eigenvalue weighted by atomic mass is 35.5. The van der Waals surface area contributed by atoms with Crippen LogP contribution in [0.15, 0.2) is 40.6 Å². The van der Waals surface area contributed by atoms with Crippen LogP contribution in [-0.2, 0) is 10.0 Å². The molecule has 0 radical (unpaired) electrons. The zero-order chi connectivity index (χ0) is 19.6. The molecule has 1 aromatic heterocycles. The maximum atomic E-state index is 13.1. The highest BCUT2D eigenvalue weighted by molar-refractivity contribution is 7.89. The molecule has 1 aliphatic heterocycles. The second-order valence-electron chi connectivity index (χ2n) is 6.58. The Morgan fingerprint density at radius 2 is 1.81 bits per heavy atom. The van der Waals surface area contributed by atoms with E-state index in [-0.39, 0.29) is 21.7 Å². The van der Waals surface area contributed by atoms with Crippen LogP contribution >= 0.6 is 22.9 Å². The van der Waals surface area contributed by atoms with Gasteiger partial charge in [-0.05, 0) is 37.4 Å². The monoisotopic (exact) mass is 427 g/mol. The number of nitrogens with zero attached hydrogens (tertiary/aromatic N) is 2. The summed E-state index contributed by atoms with van der Waals surface area (Å²) < 4.78 is 27.6. The summed E-state index contributed by atoms with van der Waals surface area (Å²) in [5, 5.41) is 5.05. The molecule has 9 heteroatoms. The van der Waals surface area contributed by atoms with Crippen molar-refractivity contribution in [2.24, 2.45) is 0 Å². The summed E-state index contributed by atoms with van der Waals surface area (Å²) in [7, 11) is -3.72. The van der Waals surface area contributed by atoms with E-state index in [0.29, 0.717) is 31.2 Å². The number of sulfonamides is 1. The number of anilines is 1. The molecule has 1 aromatic carbocycles. The standard InChI is InChI=1S/C18H22ClN3O3S2/c1-13(2)20-18(23)17-16(7-12-26-17)27(24,25)22-10-8-21(9-11-22)15-6-4-3-5-14(15)19/h3-7,12-13H,8-11H2,1-2H3,(H,20,23). The van der Waals surface area contributed by atoms with Crippen LogP contribution in [0.5, 0.6) is 0 Å². The fourth-order valence-corrected chi connectivity index (χ4v) is 5.99. The van der Waals surface area contributed by atoms with E-state index in [2.05, 4.69) is 10.2 Å². The van der Waals surface area contributed by atoms with Crippen molar-refractivity contribution in [2.75, 3.05) is 31.1 Å². The van der Waals surface area contributed by atoms with Crippen molar-refractivity contribution in [3.8, 4) is 0 Å². The van der Waals surface area contributed by atoms with Crippen LogP contribution in [0.4, 0.5) is 5.69 Å². The van der Waals surface area contributed by atoms with Gasteiger partial charge in [0.25, 0.3) is 5.91 Å². The third kappa shape index (κ3) is 4.29. The molecule has 146 valence electrons. The van der Waals surface area contributed by atoms with E-state index in [1.807, 2.05) is 38.1 Å². The first kappa shape index (κ1) is 20.1. The third-order valence-corrected chi connectivity index (χ3v) is 7.61. The molecule has 0 aliphatic carbocycles. The number of carbonyl (C=O) groups excluding carboxylic acids is 1. The minimum Gasteiger partial charge on any atom is -0.368 e. The number of hydrogen-bond donors (Lipinski definition) is 1. The maximum Gasteiger partial charge on any atom is 0.262 e. The molecule has 1 fully saturated rings. The van der Waals surface area contributed by atoms with E-state index in [1.54, 1.807) is 5.38 Å². The van der Waals surface area contributed by atoms with Crippen LogP contribution in [0.1, 0.15) is 23.5 Å². The van der Waals surface area contributed by atoms with Crippen LogP contribution in [0.3, 0.4) is 0 Å². The molecule has 1 N–H and O–H groups in total. The molecule has 3 rings (SSSR count). The van der Waals surface area contributed by atoms with Gasteiger partial charge >= 0.3 is 0 Å². The number of halogens is 1. The lowest BCUT2D eigenvalue weighted by molar-refractivity contribution is 0.0944. The van der Waals surface area contributed by atoms with Crippen molar-refractivity contribution < 1.29 is 13.2 Å². The first-order valence-electron chi connectivity index (χ1n) is 8.68. The van der Waals surface area contributed by atoms with Crippen LogP contribution in [0, 0.1) is 0 Å². The van der Waals surface area contributed by atoms with Gasteiger partial charge in [-0.25, -0.2) is 8.42 Å². The first-order chi connectivity index (χ1) is 12.8. The molecule has 2 heterocycles. The second kappa shape index (κ2) is 8.18.